The van der Waals surface area contributed by atoms with Crippen molar-refractivity contribution >= 4 is 28.4 Å². The van der Waals surface area contributed by atoms with Crippen molar-refractivity contribution in [2.45, 2.75) is 25.6 Å². The summed E-state index contributed by atoms with van der Waals surface area (Å²) in [5.41, 5.74) is 1.57. The molecule has 1 aliphatic rings. The Bertz CT molecular complexity index is 1330. The van der Waals surface area contributed by atoms with Crippen molar-refractivity contribution in [2.75, 3.05) is 58.0 Å². The molecule has 13 nitrogen and oxygen atoms in total. The second kappa shape index (κ2) is 15.8. The molecule has 2 aromatic heterocycles. The third-order valence-corrected chi connectivity index (χ3v) is 6.69. The fourth-order valence-corrected chi connectivity index (χ4v) is 4.71. The number of anilines is 1. The van der Waals surface area contributed by atoms with E-state index in [9.17, 15) is 14.9 Å². The molecule has 1 amide bonds. The SMILES string of the molecule is CCO[C@H]1OC(C(=O)NCCNc2ccc([N+](=O)[O-])cn2)=C[C@@H](c2coc3ccccc23)[C@@H]1CCOCCOCCO. The molecule has 0 unspecified atom stereocenters. The lowest BCUT2D eigenvalue weighted by Gasteiger charge is -2.36. The van der Waals surface area contributed by atoms with E-state index in [1.807, 2.05) is 37.3 Å². The number of furan rings is 1. The number of aliphatic hydroxyl groups is 1. The molecule has 0 aliphatic carbocycles. The van der Waals surface area contributed by atoms with Crippen LogP contribution in [-0.4, -0.2) is 79.9 Å². The fourth-order valence-electron chi connectivity index (χ4n) is 4.71. The molecule has 3 aromatic rings. The second-order valence-corrected chi connectivity index (χ2v) is 9.43. The molecular weight excluding hydrogens is 548 g/mol. The Morgan fingerprint density at radius 3 is 2.67 bits per heavy atom. The van der Waals surface area contributed by atoms with Gasteiger partial charge >= 0.3 is 0 Å². The first-order valence-electron chi connectivity index (χ1n) is 13.9. The zero-order valence-electron chi connectivity index (χ0n) is 23.4. The summed E-state index contributed by atoms with van der Waals surface area (Å²) >= 11 is 0. The second-order valence-electron chi connectivity index (χ2n) is 9.43. The third kappa shape index (κ3) is 8.26. The van der Waals surface area contributed by atoms with Gasteiger partial charge in [-0.3, -0.25) is 14.9 Å². The molecule has 0 radical (unpaired) electrons. The number of nitro groups is 1. The van der Waals surface area contributed by atoms with Gasteiger partial charge in [-0.1, -0.05) is 18.2 Å². The van der Waals surface area contributed by atoms with Crippen LogP contribution in [0.2, 0.25) is 0 Å². The molecule has 1 aliphatic heterocycles. The lowest BCUT2D eigenvalue weighted by Crippen LogP contribution is -2.40. The molecule has 4 rings (SSSR count). The predicted octanol–water partition coefficient (Wildman–Crippen LogP) is 3.36. The fraction of sp³-hybridized carbons (Fsp3) is 0.448. The molecule has 42 heavy (non-hydrogen) atoms. The average Bonchev–Trinajstić information content (AvgIpc) is 3.43. The van der Waals surface area contributed by atoms with Gasteiger partial charge in [0.25, 0.3) is 11.6 Å². The van der Waals surface area contributed by atoms with Gasteiger partial charge in [0, 0.05) is 55.2 Å². The van der Waals surface area contributed by atoms with Crippen LogP contribution in [0.1, 0.15) is 24.8 Å². The molecule has 3 heterocycles. The van der Waals surface area contributed by atoms with Crippen molar-refractivity contribution in [2.24, 2.45) is 5.92 Å². The van der Waals surface area contributed by atoms with Crippen molar-refractivity contribution in [3.63, 3.8) is 0 Å². The van der Waals surface area contributed by atoms with E-state index in [-0.39, 0.29) is 43.0 Å². The number of ether oxygens (including phenoxy) is 4. The average molecular weight is 585 g/mol. The van der Waals surface area contributed by atoms with E-state index in [0.29, 0.717) is 45.2 Å². The molecule has 13 heteroatoms. The van der Waals surface area contributed by atoms with Crippen molar-refractivity contribution < 1.29 is 38.2 Å². The van der Waals surface area contributed by atoms with E-state index in [1.54, 1.807) is 6.26 Å². The number of aromatic nitrogens is 1. The topological polar surface area (TPSA) is 167 Å². The number of hydrogen-bond acceptors (Lipinski definition) is 11. The molecule has 0 saturated carbocycles. The lowest BCUT2D eigenvalue weighted by atomic mass is 9.81. The molecule has 226 valence electrons. The lowest BCUT2D eigenvalue weighted by molar-refractivity contribution is -0.385. The van der Waals surface area contributed by atoms with Gasteiger partial charge in [-0.05, 0) is 31.6 Å². The standard InChI is InChI=1S/C29H36N4O9/c1-2-40-29-22(9-13-38-15-16-39-14-12-34)23(24-19-41-25-6-4-3-5-21(24)25)17-26(42-29)28(35)31-11-10-30-27-8-7-20(18-32-27)33(36)37/h3-8,17-19,22-23,29,34H,2,9-16H2,1H3,(H,30,32)(H,31,35)/t22-,23+,29-/m0/s1. The number of nitrogens with one attached hydrogen (secondary N) is 2. The molecular formula is C29H36N4O9. The van der Waals surface area contributed by atoms with Gasteiger partial charge in [0.15, 0.2) is 5.76 Å². The Hall–Kier alpha value is -4.04. The monoisotopic (exact) mass is 584 g/mol. The maximum Gasteiger partial charge on any atom is 0.287 e. The summed E-state index contributed by atoms with van der Waals surface area (Å²) in [6.07, 6.45) is 4.58. The minimum absolute atomic E-state index is 0.0362. The van der Waals surface area contributed by atoms with Crippen molar-refractivity contribution in [1.82, 2.24) is 10.3 Å². The highest BCUT2D eigenvalue weighted by molar-refractivity contribution is 5.92. The predicted molar refractivity (Wildman–Crippen MR) is 153 cm³/mol. The minimum atomic E-state index is -0.698. The highest BCUT2D eigenvalue weighted by Crippen LogP contribution is 2.41. The Kier molecular flexibility index (Phi) is 11.6. The summed E-state index contributed by atoms with van der Waals surface area (Å²) in [5, 5.41) is 26.5. The molecule has 3 atom stereocenters. The normalized spacial score (nSPS) is 18.3. The molecule has 3 N–H and O–H groups in total. The van der Waals surface area contributed by atoms with Gasteiger partial charge < -0.3 is 39.1 Å². The summed E-state index contributed by atoms with van der Waals surface area (Å²) < 4.78 is 28.9. The van der Waals surface area contributed by atoms with E-state index >= 15 is 0 Å². The first-order chi connectivity index (χ1) is 20.5. The van der Waals surface area contributed by atoms with Crippen LogP contribution in [0.15, 0.2) is 65.1 Å². The van der Waals surface area contributed by atoms with Crippen LogP contribution in [0.5, 0.6) is 0 Å². The number of fused-ring (bicyclic) bond motifs is 1. The Morgan fingerprint density at radius 1 is 1.12 bits per heavy atom. The zero-order valence-corrected chi connectivity index (χ0v) is 23.4. The van der Waals surface area contributed by atoms with Gasteiger partial charge in [-0.2, -0.15) is 0 Å². The molecule has 0 spiro atoms. The zero-order chi connectivity index (χ0) is 29.7. The van der Waals surface area contributed by atoms with E-state index in [1.165, 1.54) is 18.3 Å². The van der Waals surface area contributed by atoms with Crippen molar-refractivity contribution in [3.8, 4) is 0 Å². The van der Waals surface area contributed by atoms with Crippen LogP contribution in [0, 0.1) is 16.0 Å². The van der Waals surface area contributed by atoms with Gasteiger partial charge in [0.1, 0.15) is 17.6 Å². The van der Waals surface area contributed by atoms with Crippen LogP contribution in [-0.2, 0) is 23.7 Å². The Balaban J connectivity index is 1.44. The van der Waals surface area contributed by atoms with Crippen molar-refractivity contribution in [3.05, 3.63) is 76.4 Å². The first kappa shape index (κ1) is 30.9. The van der Waals surface area contributed by atoms with E-state index < -0.39 is 17.1 Å². The number of pyridine rings is 1. The van der Waals surface area contributed by atoms with Gasteiger partial charge in [0.05, 0.1) is 37.6 Å². The smallest absolute Gasteiger partial charge is 0.287 e. The maximum atomic E-state index is 13.2. The van der Waals surface area contributed by atoms with Crippen LogP contribution in [0.25, 0.3) is 11.0 Å². The van der Waals surface area contributed by atoms with Gasteiger partial charge in [0.2, 0.25) is 6.29 Å². The van der Waals surface area contributed by atoms with Crippen LogP contribution >= 0.6 is 0 Å². The largest absolute Gasteiger partial charge is 0.464 e. The summed E-state index contributed by atoms with van der Waals surface area (Å²) in [5.74, 6) is -0.220. The quantitative estimate of drug-likeness (QED) is 0.121. The van der Waals surface area contributed by atoms with E-state index in [4.69, 9.17) is 28.5 Å². The van der Waals surface area contributed by atoms with E-state index in [2.05, 4.69) is 15.6 Å². The maximum absolute atomic E-state index is 13.2. The molecule has 1 aromatic carbocycles. The number of aliphatic hydroxyl groups excluding tert-OH is 1. The number of nitrogens with zero attached hydrogens (tertiary/aromatic N) is 2. The van der Waals surface area contributed by atoms with E-state index in [0.717, 1.165) is 16.5 Å². The first-order valence-corrected chi connectivity index (χ1v) is 13.9. The van der Waals surface area contributed by atoms with Crippen LogP contribution < -0.4 is 10.6 Å². The number of allylic oxidation sites excluding steroid dienone is 1. The van der Waals surface area contributed by atoms with Crippen LogP contribution in [0.4, 0.5) is 11.5 Å². The number of benzene rings is 1. The number of carbonyl (C=O) groups excluding carboxylic acids is 1. The van der Waals surface area contributed by atoms with Gasteiger partial charge in [-0.15, -0.1) is 0 Å². The molecule has 0 bridgehead atoms. The summed E-state index contributed by atoms with van der Waals surface area (Å²) in [6, 6.07) is 10.6. The minimum Gasteiger partial charge on any atom is -0.464 e. The number of rotatable bonds is 17. The Morgan fingerprint density at radius 2 is 1.93 bits per heavy atom. The summed E-state index contributed by atoms with van der Waals surface area (Å²) in [7, 11) is 0. The summed E-state index contributed by atoms with van der Waals surface area (Å²) in [6.45, 7) is 4.27. The number of carbonyl (C=O) groups is 1. The highest BCUT2D eigenvalue weighted by Gasteiger charge is 2.39. The number of amides is 1. The molecule has 0 fully saturated rings. The highest BCUT2D eigenvalue weighted by atomic mass is 16.7. The summed E-state index contributed by atoms with van der Waals surface area (Å²) in [4.78, 5) is 27.5. The Labute approximate surface area is 242 Å². The van der Waals surface area contributed by atoms with Crippen LogP contribution in [0.3, 0.4) is 0 Å². The van der Waals surface area contributed by atoms with Gasteiger partial charge in [-0.25, -0.2) is 4.98 Å². The van der Waals surface area contributed by atoms with Crippen molar-refractivity contribution in [1.29, 1.82) is 0 Å². The molecule has 0 saturated heterocycles. The number of para-hydroxylation sites is 1. The third-order valence-electron chi connectivity index (χ3n) is 6.69. The number of hydrogen-bond donors (Lipinski definition) is 3.